The van der Waals surface area contributed by atoms with Gasteiger partial charge in [0, 0.05) is 6.42 Å². The van der Waals surface area contributed by atoms with E-state index in [4.69, 9.17) is 23.2 Å². The number of amides is 2. The van der Waals surface area contributed by atoms with Crippen molar-refractivity contribution in [2.45, 2.75) is 24.3 Å². The average Bonchev–Trinajstić information content (AvgIpc) is 2.83. The second kappa shape index (κ2) is 10.3. The molecule has 9 nitrogen and oxygen atoms in total. The number of pyridine rings is 1. The lowest BCUT2D eigenvalue weighted by atomic mass is 10.0. The zero-order valence-electron chi connectivity index (χ0n) is 19.3. The molecular weight excluding hydrogens is 527 g/mol. The lowest BCUT2D eigenvalue weighted by Gasteiger charge is -2.35. The highest BCUT2D eigenvalue weighted by molar-refractivity contribution is 7.92. The average molecular weight is 549 g/mol. The number of sulfonamides is 1. The van der Waals surface area contributed by atoms with Gasteiger partial charge in [0.15, 0.2) is 0 Å². The summed E-state index contributed by atoms with van der Waals surface area (Å²) in [5, 5.41) is 5.68. The van der Waals surface area contributed by atoms with Crippen molar-refractivity contribution in [3.63, 3.8) is 0 Å². The smallest absolute Gasteiger partial charge is 0.407 e. The van der Waals surface area contributed by atoms with Crippen molar-refractivity contribution in [1.82, 2.24) is 10.3 Å². The van der Waals surface area contributed by atoms with Crippen molar-refractivity contribution in [2.75, 3.05) is 23.3 Å². The molecule has 2 aromatic carbocycles. The first-order chi connectivity index (χ1) is 17.1. The summed E-state index contributed by atoms with van der Waals surface area (Å²) >= 11 is 12.3. The van der Waals surface area contributed by atoms with Crippen LogP contribution in [0.5, 0.6) is 0 Å². The molecule has 0 bridgehead atoms. The number of benzene rings is 2. The van der Waals surface area contributed by atoms with E-state index in [0.29, 0.717) is 5.69 Å². The molecule has 1 unspecified atom stereocenters. The zero-order chi connectivity index (χ0) is 26.0. The van der Waals surface area contributed by atoms with E-state index in [9.17, 15) is 18.0 Å². The summed E-state index contributed by atoms with van der Waals surface area (Å²) in [6.07, 6.45) is 0.978. The molecule has 4 rings (SSSR count). The van der Waals surface area contributed by atoms with Crippen LogP contribution in [0.3, 0.4) is 0 Å². The molecule has 2 amide bonds. The van der Waals surface area contributed by atoms with Gasteiger partial charge in [0.05, 0.1) is 63.5 Å². The molecule has 1 aliphatic rings. The van der Waals surface area contributed by atoms with Crippen molar-refractivity contribution in [1.29, 1.82) is 0 Å². The molecule has 12 heteroatoms. The number of carbonyl (C=O) groups is 2. The molecule has 0 spiro atoms. The summed E-state index contributed by atoms with van der Waals surface area (Å²) < 4.78 is 33.2. The Morgan fingerprint density at radius 3 is 2.47 bits per heavy atom. The molecule has 0 fully saturated rings. The van der Waals surface area contributed by atoms with E-state index in [1.165, 1.54) is 41.9 Å². The van der Waals surface area contributed by atoms with Crippen LogP contribution in [-0.2, 0) is 21.2 Å². The largest absolute Gasteiger partial charge is 0.453 e. The number of methoxy groups -OCH3 is 1. The van der Waals surface area contributed by atoms with Crippen molar-refractivity contribution >= 4 is 56.6 Å². The van der Waals surface area contributed by atoms with Gasteiger partial charge in [-0.2, -0.15) is 0 Å². The molecule has 2 N–H and O–H groups in total. The standard InChI is InChI=1S/C24H22Cl2N4O5S/c1-14-5-3-6-17(9-14)36(33,34)30-13-16(29-24(32)35-2)10-20-21(30)11-15(12-27-20)28-23(31)22-18(25)7-4-8-19(22)26/h3-9,11-12,16H,10,13H2,1-2H3,(H,28,31)(H,29,32). The van der Waals surface area contributed by atoms with Gasteiger partial charge in [-0.15, -0.1) is 0 Å². The minimum absolute atomic E-state index is 0.0617. The summed E-state index contributed by atoms with van der Waals surface area (Å²) in [6.45, 7) is 1.73. The summed E-state index contributed by atoms with van der Waals surface area (Å²) in [5.41, 5.74) is 1.81. The number of aromatic nitrogens is 1. The Bertz CT molecular complexity index is 1430. The van der Waals surface area contributed by atoms with Gasteiger partial charge in [-0.1, -0.05) is 41.4 Å². The van der Waals surface area contributed by atoms with Crippen molar-refractivity contribution < 1.29 is 22.7 Å². The molecule has 0 radical (unpaired) electrons. The summed E-state index contributed by atoms with van der Waals surface area (Å²) in [4.78, 5) is 29.2. The normalized spacial score (nSPS) is 15.1. The predicted molar refractivity (Wildman–Crippen MR) is 137 cm³/mol. The molecule has 0 saturated heterocycles. The second-order valence-corrected chi connectivity index (χ2v) is 10.8. The maximum atomic E-state index is 13.7. The number of rotatable bonds is 5. The minimum atomic E-state index is -4.04. The number of nitrogens with zero attached hydrogens (tertiary/aromatic N) is 2. The second-order valence-electron chi connectivity index (χ2n) is 8.13. The fourth-order valence-corrected chi connectivity index (χ4v) is 6.08. The first-order valence-corrected chi connectivity index (χ1v) is 13.0. The highest BCUT2D eigenvalue weighted by Crippen LogP contribution is 2.34. The van der Waals surface area contributed by atoms with E-state index in [2.05, 4.69) is 20.4 Å². The van der Waals surface area contributed by atoms with E-state index in [0.717, 1.165) is 5.56 Å². The number of carbonyl (C=O) groups excluding carboxylic acids is 2. The van der Waals surface area contributed by atoms with Gasteiger partial charge >= 0.3 is 6.09 Å². The maximum absolute atomic E-state index is 13.7. The number of hydrogen-bond acceptors (Lipinski definition) is 6. The van der Waals surface area contributed by atoms with E-state index in [1.807, 2.05) is 0 Å². The third kappa shape index (κ3) is 5.25. The Kier molecular flexibility index (Phi) is 7.39. The van der Waals surface area contributed by atoms with Gasteiger partial charge in [-0.25, -0.2) is 13.2 Å². The Labute approximate surface area is 218 Å². The zero-order valence-corrected chi connectivity index (χ0v) is 21.6. The van der Waals surface area contributed by atoms with Crippen LogP contribution in [0.15, 0.2) is 59.6 Å². The quantitative estimate of drug-likeness (QED) is 0.487. The fraction of sp³-hybridized carbons (Fsp3) is 0.208. The molecule has 36 heavy (non-hydrogen) atoms. The molecule has 2 heterocycles. The van der Waals surface area contributed by atoms with Gasteiger partial charge < -0.3 is 15.4 Å². The number of fused-ring (bicyclic) bond motifs is 1. The first kappa shape index (κ1) is 25.7. The number of nitrogens with one attached hydrogen (secondary N) is 2. The van der Waals surface area contributed by atoms with Gasteiger partial charge in [-0.3, -0.25) is 14.1 Å². The van der Waals surface area contributed by atoms with E-state index in [1.54, 1.807) is 31.2 Å². The van der Waals surface area contributed by atoms with Gasteiger partial charge in [-0.05, 0) is 42.8 Å². The summed E-state index contributed by atoms with van der Waals surface area (Å²) in [6, 6.07) is 12.1. The van der Waals surface area contributed by atoms with Crippen LogP contribution in [0.25, 0.3) is 0 Å². The van der Waals surface area contributed by atoms with Crippen molar-refractivity contribution in [2.24, 2.45) is 0 Å². The Balaban J connectivity index is 1.73. The summed E-state index contributed by atoms with van der Waals surface area (Å²) in [5.74, 6) is -0.568. The highest BCUT2D eigenvalue weighted by Gasteiger charge is 2.35. The third-order valence-electron chi connectivity index (χ3n) is 5.57. The van der Waals surface area contributed by atoms with Crippen LogP contribution >= 0.6 is 23.2 Å². The molecule has 1 aliphatic heterocycles. The van der Waals surface area contributed by atoms with Crippen molar-refractivity contribution in [3.8, 4) is 0 Å². The lowest BCUT2D eigenvalue weighted by molar-refractivity contribution is 0.102. The molecule has 0 aliphatic carbocycles. The Hall–Kier alpha value is -3.34. The maximum Gasteiger partial charge on any atom is 0.407 e. The minimum Gasteiger partial charge on any atom is -0.453 e. The lowest BCUT2D eigenvalue weighted by Crippen LogP contribution is -2.50. The number of anilines is 2. The van der Waals surface area contributed by atoms with Gasteiger partial charge in [0.1, 0.15) is 0 Å². The Morgan fingerprint density at radius 2 is 1.81 bits per heavy atom. The fourth-order valence-electron chi connectivity index (χ4n) is 3.88. The highest BCUT2D eigenvalue weighted by atomic mass is 35.5. The van der Waals surface area contributed by atoms with E-state index < -0.39 is 28.1 Å². The SMILES string of the molecule is COC(=O)NC1Cc2ncc(NC(=O)c3c(Cl)cccc3Cl)cc2N(S(=O)(=O)c2cccc(C)c2)C1. The third-order valence-corrected chi connectivity index (χ3v) is 7.98. The number of aryl methyl sites for hydroxylation is 1. The number of alkyl carbamates (subject to hydrolysis) is 1. The monoisotopic (exact) mass is 548 g/mol. The molecular formula is C24H22Cl2N4O5S. The molecule has 0 saturated carbocycles. The molecule has 3 aromatic rings. The van der Waals surface area contributed by atoms with Crippen LogP contribution in [0, 0.1) is 6.92 Å². The number of ether oxygens (including phenoxy) is 1. The molecule has 1 aromatic heterocycles. The molecule has 188 valence electrons. The van der Waals surface area contributed by atoms with E-state index in [-0.39, 0.29) is 44.8 Å². The van der Waals surface area contributed by atoms with Crippen LogP contribution in [0.4, 0.5) is 16.2 Å². The topological polar surface area (TPSA) is 118 Å². The van der Waals surface area contributed by atoms with Crippen LogP contribution in [0.1, 0.15) is 21.6 Å². The molecule has 1 atom stereocenters. The van der Waals surface area contributed by atoms with Crippen molar-refractivity contribution in [3.05, 3.63) is 81.6 Å². The van der Waals surface area contributed by atoms with Crippen LogP contribution < -0.4 is 14.9 Å². The number of hydrogen-bond donors (Lipinski definition) is 2. The Morgan fingerprint density at radius 1 is 1.11 bits per heavy atom. The van der Waals surface area contributed by atoms with Crippen LogP contribution in [-0.4, -0.2) is 45.1 Å². The summed E-state index contributed by atoms with van der Waals surface area (Å²) in [7, 11) is -2.81. The first-order valence-electron chi connectivity index (χ1n) is 10.8. The van der Waals surface area contributed by atoms with E-state index >= 15 is 0 Å². The predicted octanol–water partition coefficient (Wildman–Crippen LogP) is 4.43. The van der Waals surface area contributed by atoms with Gasteiger partial charge in [0.2, 0.25) is 0 Å². The van der Waals surface area contributed by atoms with Crippen LogP contribution in [0.2, 0.25) is 10.0 Å². The van der Waals surface area contributed by atoms with Gasteiger partial charge in [0.25, 0.3) is 15.9 Å². The number of halogens is 2.